The molecule has 1 unspecified atom stereocenters. The Hall–Kier alpha value is -3.06. The van der Waals surface area contributed by atoms with Crippen molar-refractivity contribution in [3.8, 4) is 5.75 Å². The van der Waals surface area contributed by atoms with Crippen molar-refractivity contribution in [1.82, 2.24) is 9.80 Å². The van der Waals surface area contributed by atoms with Gasteiger partial charge in [0, 0.05) is 13.1 Å². The van der Waals surface area contributed by atoms with Crippen LogP contribution in [0.3, 0.4) is 0 Å². The van der Waals surface area contributed by atoms with Gasteiger partial charge in [0.15, 0.2) is 11.5 Å². The number of benzene rings is 1. The number of aliphatic hydroxyl groups excluding tert-OH is 1. The molecule has 4 rings (SSSR count). The Balaban J connectivity index is 1.69. The van der Waals surface area contributed by atoms with Crippen LogP contribution in [0.5, 0.6) is 5.75 Å². The Morgan fingerprint density at radius 1 is 1.15 bits per heavy atom. The van der Waals surface area contributed by atoms with E-state index in [-0.39, 0.29) is 17.4 Å². The zero-order chi connectivity index (χ0) is 23.5. The first kappa shape index (κ1) is 23.1. The molecule has 0 radical (unpaired) electrons. The third-order valence-corrected chi connectivity index (χ3v) is 6.16. The maximum absolute atomic E-state index is 13.4. The number of furan rings is 1. The Bertz CT molecular complexity index is 1050. The van der Waals surface area contributed by atoms with E-state index in [4.69, 9.17) is 9.15 Å². The van der Waals surface area contributed by atoms with Crippen LogP contribution in [0.25, 0.3) is 0 Å². The number of hydrogen-bond acceptors (Lipinski definition) is 6. The largest absolute Gasteiger partial charge is 0.503 e. The van der Waals surface area contributed by atoms with Crippen LogP contribution in [0, 0.1) is 6.92 Å². The second-order valence-electron chi connectivity index (χ2n) is 9.04. The first-order chi connectivity index (χ1) is 15.8. The van der Waals surface area contributed by atoms with Crippen molar-refractivity contribution in [3.63, 3.8) is 0 Å². The Morgan fingerprint density at radius 2 is 1.91 bits per heavy atom. The van der Waals surface area contributed by atoms with Crippen LogP contribution >= 0.6 is 0 Å². The van der Waals surface area contributed by atoms with E-state index in [9.17, 15) is 14.7 Å². The van der Waals surface area contributed by atoms with Crippen molar-refractivity contribution in [3.05, 3.63) is 64.8 Å². The SMILES string of the molecule is Cc1ccc(C(=O)C2=C(O)C(=O)N(CCN3CCCCC3)C2c2cccc(OC(C)C)c2)o1. The minimum Gasteiger partial charge on any atom is -0.503 e. The third kappa shape index (κ3) is 4.98. The second-order valence-corrected chi connectivity index (χ2v) is 9.04. The smallest absolute Gasteiger partial charge is 0.290 e. The Morgan fingerprint density at radius 3 is 2.58 bits per heavy atom. The number of aliphatic hydroxyl groups is 1. The summed E-state index contributed by atoms with van der Waals surface area (Å²) in [7, 11) is 0. The molecule has 2 aliphatic heterocycles. The monoisotopic (exact) mass is 452 g/mol. The quantitative estimate of drug-likeness (QED) is 0.596. The van der Waals surface area contributed by atoms with E-state index < -0.39 is 23.5 Å². The van der Waals surface area contributed by atoms with Gasteiger partial charge in [-0.05, 0) is 76.5 Å². The lowest BCUT2D eigenvalue weighted by Gasteiger charge is -2.31. The van der Waals surface area contributed by atoms with E-state index in [1.807, 2.05) is 38.1 Å². The van der Waals surface area contributed by atoms with E-state index >= 15 is 0 Å². The molecule has 1 N–H and O–H groups in total. The zero-order valence-corrected chi connectivity index (χ0v) is 19.5. The van der Waals surface area contributed by atoms with Crippen molar-refractivity contribution >= 4 is 11.7 Å². The van der Waals surface area contributed by atoms with Crippen molar-refractivity contribution in [2.75, 3.05) is 26.2 Å². The van der Waals surface area contributed by atoms with Crippen LogP contribution in [-0.2, 0) is 4.79 Å². The van der Waals surface area contributed by atoms with Crippen LogP contribution < -0.4 is 4.74 Å². The molecule has 1 fully saturated rings. The lowest BCUT2D eigenvalue weighted by atomic mass is 9.95. The number of carbonyl (C=O) groups is 2. The molecule has 7 heteroatoms. The number of amides is 1. The molecule has 1 aromatic heterocycles. The fourth-order valence-corrected chi connectivity index (χ4v) is 4.61. The fraction of sp³-hybridized carbons (Fsp3) is 0.462. The zero-order valence-electron chi connectivity index (χ0n) is 19.5. The van der Waals surface area contributed by atoms with Crippen molar-refractivity contribution in [2.24, 2.45) is 0 Å². The average molecular weight is 453 g/mol. The molecule has 0 spiro atoms. The minimum atomic E-state index is -0.712. The first-order valence-electron chi connectivity index (χ1n) is 11.7. The van der Waals surface area contributed by atoms with E-state index in [1.165, 1.54) is 6.42 Å². The van der Waals surface area contributed by atoms with Crippen molar-refractivity contribution < 1.29 is 23.8 Å². The molecule has 1 atom stereocenters. The van der Waals surface area contributed by atoms with E-state index in [1.54, 1.807) is 24.0 Å². The topological polar surface area (TPSA) is 83.2 Å². The van der Waals surface area contributed by atoms with Crippen LogP contribution in [-0.4, -0.2) is 58.9 Å². The van der Waals surface area contributed by atoms with Crippen LogP contribution in [0.15, 0.2) is 52.1 Å². The third-order valence-electron chi connectivity index (χ3n) is 6.16. The molecule has 1 saturated heterocycles. The van der Waals surface area contributed by atoms with Gasteiger partial charge < -0.3 is 24.1 Å². The van der Waals surface area contributed by atoms with Gasteiger partial charge in [0.25, 0.3) is 5.91 Å². The highest BCUT2D eigenvalue weighted by Crippen LogP contribution is 2.40. The van der Waals surface area contributed by atoms with E-state index in [0.29, 0.717) is 24.6 Å². The number of carbonyl (C=O) groups excluding carboxylic acids is 2. The van der Waals surface area contributed by atoms with Crippen LogP contribution in [0.2, 0.25) is 0 Å². The predicted octanol–water partition coefficient (Wildman–Crippen LogP) is 4.44. The van der Waals surface area contributed by atoms with E-state index in [2.05, 4.69) is 4.90 Å². The molecule has 33 heavy (non-hydrogen) atoms. The number of likely N-dealkylation sites (tertiary alicyclic amines) is 1. The number of piperidine rings is 1. The molecule has 7 nitrogen and oxygen atoms in total. The van der Waals surface area contributed by atoms with Crippen LogP contribution in [0.4, 0.5) is 0 Å². The Kier molecular flexibility index (Phi) is 6.88. The molecular formula is C26H32N2O5. The number of Topliss-reactive ketones (excluding diaryl/α,β-unsaturated/α-hetero) is 1. The summed E-state index contributed by atoms with van der Waals surface area (Å²) in [5.74, 6) is -0.160. The van der Waals surface area contributed by atoms with Gasteiger partial charge >= 0.3 is 0 Å². The van der Waals surface area contributed by atoms with Gasteiger partial charge in [-0.2, -0.15) is 0 Å². The summed E-state index contributed by atoms with van der Waals surface area (Å²) in [6, 6.07) is 9.95. The molecule has 2 aromatic rings. The normalized spacial score (nSPS) is 19.6. The number of rotatable bonds is 8. The molecule has 1 amide bonds. The summed E-state index contributed by atoms with van der Waals surface area (Å²) < 4.78 is 11.4. The molecule has 3 heterocycles. The van der Waals surface area contributed by atoms with Gasteiger partial charge in [-0.25, -0.2) is 0 Å². The lowest BCUT2D eigenvalue weighted by molar-refractivity contribution is -0.129. The summed E-state index contributed by atoms with van der Waals surface area (Å²) >= 11 is 0. The lowest BCUT2D eigenvalue weighted by Crippen LogP contribution is -2.40. The highest BCUT2D eigenvalue weighted by atomic mass is 16.5. The minimum absolute atomic E-state index is 0.0168. The van der Waals surface area contributed by atoms with Gasteiger partial charge in [0.2, 0.25) is 5.78 Å². The number of ketones is 1. The summed E-state index contributed by atoms with van der Waals surface area (Å²) in [5.41, 5.74) is 0.769. The van der Waals surface area contributed by atoms with Crippen LogP contribution in [0.1, 0.15) is 61.0 Å². The maximum atomic E-state index is 13.4. The van der Waals surface area contributed by atoms with Crippen molar-refractivity contribution in [2.45, 2.75) is 52.2 Å². The Labute approximate surface area is 194 Å². The molecular weight excluding hydrogens is 420 g/mol. The molecule has 0 bridgehead atoms. The summed E-state index contributed by atoms with van der Waals surface area (Å²) in [6.45, 7) is 8.74. The predicted molar refractivity (Wildman–Crippen MR) is 124 cm³/mol. The highest BCUT2D eigenvalue weighted by molar-refractivity contribution is 6.15. The number of ether oxygens (including phenoxy) is 1. The van der Waals surface area contributed by atoms with Gasteiger partial charge in [-0.3, -0.25) is 9.59 Å². The van der Waals surface area contributed by atoms with Crippen molar-refractivity contribution in [1.29, 1.82) is 0 Å². The second kappa shape index (κ2) is 9.83. The number of hydrogen-bond donors (Lipinski definition) is 1. The first-order valence-corrected chi connectivity index (χ1v) is 11.7. The summed E-state index contributed by atoms with van der Waals surface area (Å²) in [4.78, 5) is 30.5. The van der Waals surface area contributed by atoms with Gasteiger partial charge in [0.05, 0.1) is 17.7 Å². The highest BCUT2D eigenvalue weighted by Gasteiger charge is 2.44. The molecule has 176 valence electrons. The number of aryl methyl sites for hydroxylation is 1. The summed E-state index contributed by atoms with van der Waals surface area (Å²) in [6.07, 6.45) is 3.51. The fourth-order valence-electron chi connectivity index (χ4n) is 4.61. The maximum Gasteiger partial charge on any atom is 0.290 e. The molecule has 0 aliphatic carbocycles. The average Bonchev–Trinajstić information content (AvgIpc) is 3.34. The summed E-state index contributed by atoms with van der Waals surface area (Å²) in [5, 5.41) is 10.8. The molecule has 1 aromatic carbocycles. The van der Waals surface area contributed by atoms with Gasteiger partial charge in [-0.15, -0.1) is 0 Å². The van der Waals surface area contributed by atoms with Gasteiger partial charge in [0.1, 0.15) is 11.5 Å². The number of nitrogens with zero attached hydrogens (tertiary/aromatic N) is 2. The standard InChI is InChI=1S/C26H32N2O5/c1-17(2)32-20-9-7-8-19(16-20)23-22(24(29)21-11-10-18(3)33-21)25(30)26(31)28(23)15-14-27-12-5-4-6-13-27/h7-11,16-17,23,30H,4-6,12-15H2,1-3H3. The van der Waals surface area contributed by atoms with E-state index in [0.717, 1.165) is 31.5 Å². The molecule has 0 saturated carbocycles. The van der Waals surface area contributed by atoms with Gasteiger partial charge in [-0.1, -0.05) is 18.6 Å². The molecule has 2 aliphatic rings.